The maximum absolute atomic E-state index is 6.07. The summed E-state index contributed by atoms with van der Waals surface area (Å²) in [6.07, 6.45) is 0. The molecule has 0 unspecified atom stereocenters. The number of thiocarbonyl (C=S) groups is 1. The van der Waals surface area contributed by atoms with E-state index in [4.69, 9.17) is 34.3 Å². The van der Waals surface area contributed by atoms with Crippen LogP contribution in [0.3, 0.4) is 0 Å². The topological polar surface area (TPSA) is 35.2 Å². The number of hydrogen-bond acceptors (Lipinski definition) is 2. The molecular weight excluding hydrogens is 346 g/mol. The Bertz CT molecular complexity index is 618. The van der Waals surface area contributed by atoms with Crippen molar-refractivity contribution in [3.05, 3.63) is 63.1 Å². The lowest BCUT2D eigenvalue weighted by Crippen LogP contribution is -2.13. The van der Waals surface area contributed by atoms with Gasteiger partial charge in [0.05, 0.1) is 5.02 Å². The monoisotopic (exact) mass is 355 g/mol. The summed E-state index contributed by atoms with van der Waals surface area (Å²) in [7, 11) is 0. The molecule has 0 spiro atoms. The van der Waals surface area contributed by atoms with Crippen molar-refractivity contribution in [3.8, 4) is 5.75 Å². The number of benzene rings is 2. The molecule has 19 heavy (non-hydrogen) atoms. The Morgan fingerprint density at radius 2 is 2.00 bits per heavy atom. The zero-order chi connectivity index (χ0) is 13.8. The van der Waals surface area contributed by atoms with Crippen LogP contribution in [-0.2, 0) is 6.61 Å². The normalized spacial score (nSPS) is 10.2. The summed E-state index contributed by atoms with van der Waals surface area (Å²) in [5.74, 6) is 0.619. The lowest BCUT2D eigenvalue weighted by atomic mass is 10.1. The summed E-state index contributed by atoms with van der Waals surface area (Å²) >= 11 is 14.5. The highest BCUT2D eigenvalue weighted by atomic mass is 79.9. The summed E-state index contributed by atoms with van der Waals surface area (Å²) in [6, 6.07) is 13.1. The summed E-state index contributed by atoms with van der Waals surface area (Å²) < 4.78 is 6.63. The Balaban J connectivity index is 2.19. The third-order valence-electron chi connectivity index (χ3n) is 2.56. The van der Waals surface area contributed by atoms with Crippen molar-refractivity contribution in [2.24, 2.45) is 5.73 Å². The molecule has 0 aliphatic carbocycles. The number of hydrogen-bond donors (Lipinski definition) is 1. The van der Waals surface area contributed by atoms with E-state index in [0.717, 1.165) is 15.6 Å². The van der Waals surface area contributed by atoms with Crippen LogP contribution in [0, 0.1) is 0 Å². The van der Waals surface area contributed by atoms with E-state index in [9.17, 15) is 0 Å². The second-order valence-corrected chi connectivity index (χ2v) is 5.65. The Morgan fingerprint density at radius 1 is 1.26 bits per heavy atom. The van der Waals surface area contributed by atoms with Gasteiger partial charge in [0.15, 0.2) is 0 Å². The molecule has 2 aromatic rings. The van der Waals surface area contributed by atoms with Gasteiger partial charge < -0.3 is 10.5 Å². The lowest BCUT2D eigenvalue weighted by molar-refractivity contribution is 0.306. The largest absolute Gasteiger partial charge is 0.487 e. The van der Waals surface area contributed by atoms with Crippen molar-refractivity contribution in [3.63, 3.8) is 0 Å². The lowest BCUT2D eigenvalue weighted by Gasteiger charge is -2.11. The smallest absolute Gasteiger partial charge is 0.139 e. The van der Waals surface area contributed by atoms with Gasteiger partial charge in [-0.1, -0.05) is 64.0 Å². The molecule has 2 N–H and O–H groups in total. The quantitative estimate of drug-likeness (QED) is 0.829. The molecule has 0 atom stereocenters. The van der Waals surface area contributed by atoms with E-state index < -0.39 is 0 Å². The zero-order valence-corrected chi connectivity index (χ0v) is 13.1. The highest BCUT2D eigenvalue weighted by Gasteiger charge is 2.07. The van der Waals surface area contributed by atoms with Gasteiger partial charge in [0.1, 0.15) is 17.3 Å². The van der Waals surface area contributed by atoms with Crippen LogP contribution in [0.5, 0.6) is 5.75 Å². The summed E-state index contributed by atoms with van der Waals surface area (Å²) in [5, 5.41) is 0.566. The molecule has 0 heterocycles. The first-order valence-corrected chi connectivity index (χ1v) is 7.11. The third-order valence-corrected chi connectivity index (χ3v) is 3.58. The number of halogens is 2. The molecule has 2 nitrogen and oxygen atoms in total. The minimum absolute atomic E-state index is 0.361. The van der Waals surface area contributed by atoms with Crippen LogP contribution in [0.4, 0.5) is 0 Å². The van der Waals surface area contributed by atoms with E-state index in [2.05, 4.69) is 15.9 Å². The molecule has 0 fully saturated rings. The fourth-order valence-corrected chi connectivity index (χ4v) is 2.34. The van der Waals surface area contributed by atoms with Crippen molar-refractivity contribution < 1.29 is 4.74 Å². The minimum atomic E-state index is 0.361. The van der Waals surface area contributed by atoms with E-state index in [-0.39, 0.29) is 0 Å². The second-order valence-electron chi connectivity index (χ2n) is 3.88. The van der Waals surface area contributed by atoms with Crippen molar-refractivity contribution >= 4 is 44.7 Å². The Labute approximate surface area is 130 Å². The van der Waals surface area contributed by atoms with Crippen molar-refractivity contribution in [1.29, 1.82) is 0 Å². The highest BCUT2D eigenvalue weighted by molar-refractivity contribution is 9.10. The standard InChI is InChI=1S/C14H11BrClNOS/c15-10-5-6-12(16)13(7-10)18-8-9-3-1-2-4-11(9)14(17)19/h1-7H,8H2,(H2,17,19). The van der Waals surface area contributed by atoms with E-state index in [0.29, 0.717) is 22.4 Å². The predicted molar refractivity (Wildman–Crippen MR) is 85.8 cm³/mol. The van der Waals surface area contributed by atoms with Gasteiger partial charge in [0.2, 0.25) is 0 Å². The summed E-state index contributed by atoms with van der Waals surface area (Å²) in [4.78, 5) is 0.361. The van der Waals surface area contributed by atoms with Crippen LogP contribution in [0.1, 0.15) is 11.1 Å². The van der Waals surface area contributed by atoms with Crippen molar-refractivity contribution in [2.45, 2.75) is 6.61 Å². The van der Waals surface area contributed by atoms with Crippen LogP contribution >= 0.6 is 39.7 Å². The van der Waals surface area contributed by atoms with Crippen LogP contribution in [0.25, 0.3) is 0 Å². The number of rotatable bonds is 4. The molecule has 0 aliphatic rings. The molecule has 0 radical (unpaired) electrons. The maximum atomic E-state index is 6.07. The van der Waals surface area contributed by atoms with E-state index in [1.165, 1.54) is 0 Å². The first kappa shape index (κ1) is 14.3. The maximum Gasteiger partial charge on any atom is 0.139 e. The van der Waals surface area contributed by atoms with Crippen LogP contribution in [-0.4, -0.2) is 4.99 Å². The third kappa shape index (κ3) is 3.69. The number of ether oxygens (including phenoxy) is 1. The first-order valence-electron chi connectivity index (χ1n) is 5.53. The molecule has 98 valence electrons. The molecule has 0 bridgehead atoms. The fraction of sp³-hybridized carbons (Fsp3) is 0.0714. The van der Waals surface area contributed by atoms with E-state index in [1.54, 1.807) is 6.07 Å². The Hall–Kier alpha value is -1.10. The fourth-order valence-electron chi connectivity index (χ4n) is 1.63. The highest BCUT2D eigenvalue weighted by Crippen LogP contribution is 2.28. The molecule has 0 aromatic heterocycles. The second kappa shape index (κ2) is 6.37. The Morgan fingerprint density at radius 3 is 2.74 bits per heavy atom. The zero-order valence-electron chi connectivity index (χ0n) is 9.90. The van der Waals surface area contributed by atoms with Gasteiger partial charge in [-0.05, 0) is 23.8 Å². The molecule has 5 heteroatoms. The predicted octanol–water partition coefficient (Wildman–Crippen LogP) is 4.32. The SMILES string of the molecule is NC(=S)c1ccccc1COc1cc(Br)ccc1Cl. The van der Waals surface area contributed by atoms with Crippen molar-refractivity contribution in [2.75, 3.05) is 0 Å². The van der Waals surface area contributed by atoms with Gasteiger partial charge in [-0.25, -0.2) is 0 Å². The molecule has 2 aromatic carbocycles. The van der Waals surface area contributed by atoms with Gasteiger partial charge in [0, 0.05) is 10.0 Å². The van der Waals surface area contributed by atoms with Gasteiger partial charge in [-0.3, -0.25) is 0 Å². The van der Waals surface area contributed by atoms with Gasteiger partial charge in [-0.15, -0.1) is 0 Å². The molecule has 0 saturated carbocycles. The average molecular weight is 357 g/mol. The summed E-state index contributed by atoms with van der Waals surface area (Å²) in [6.45, 7) is 0.365. The molecule has 0 amide bonds. The van der Waals surface area contributed by atoms with E-state index in [1.807, 2.05) is 36.4 Å². The minimum Gasteiger partial charge on any atom is -0.487 e. The average Bonchev–Trinajstić information content (AvgIpc) is 2.40. The van der Waals surface area contributed by atoms with Gasteiger partial charge in [0.25, 0.3) is 0 Å². The van der Waals surface area contributed by atoms with Gasteiger partial charge in [-0.2, -0.15) is 0 Å². The van der Waals surface area contributed by atoms with Gasteiger partial charge >= 0.3 is 0 Å². The molecule has 0 saturated heterocycles. The van der Waals surface area contributed by atoms with Crippen LogP contribution in [0.15, 0.2) is 46.9 Å². The number of nitrogens with two attached hydrogens (primary N) is 1. The first-order chi connectivity index (χ1) is 9.08. The summed E-state index contributed by atoms with van der Waals surface area (Å²) in [5.41, 5.74) is 7.44. The van der Waals surface area contributed by atoms with Crippen molar-refractivity contribution in [1.82, 2.24) is 0 Å². The van der Waals surface area contributed by atoms with Crippen LogP contribution < -0.4 is 10.5 Å². The van der Waals surface area contributed by atoms with E-state index >= 15 is 0 Å². The Kier molecular flexibility index (Phi) is 4.80. The molecule has 0 aliphatic heterocycles. The molecule has 2 rings (SSSR count). The molecular formula is C14H11BrClNOS. The van der Waals surface area contributed by atoms with Crippen LogP contribution in [0.2, 0.25) is 5.02 Å².